The number of nitrogens with one attached hydrogen (secondary N) is 1. The van der Waals surface area contributed by atoms with Crippen LogP contribution in [0.4, 0.5) is 5.69 Å². The highest BCUT2D eigenvalue weighted by Gasteiger charge is 2.10. The van der Waals surface area contributed by atoms with Crippen LogP contribution in [0.2, 0.25) is 0 Å². The molecule has 1 aliphatic rings. The smallest absolute Gasteiger partial charge is 0.193 e. The van der Waals surface area contributed by atoms with E-state index >= 15 is 0 Å². The summed E-state index contributed by atoms with van der Waals surface area (Å²) in [5.74, 6) is 2.65. The summed E-state index contributed by atoms with van der Waals surface area (Å²) in [5, 5.41) is 3.06. The molecule has 6 nitrogen and oxygen atoms in total. The van der Waals surface area contributed by atoms with E-state index in [4.69, 9.17) is 19.9 Å². The van der Waals surface area contributed by atoms with Gasteiger partial charge in [0.25, 0.3) is 0 Å². The molecule has 0 atom stereocenters. The highest BCUT2D eigenvalue weighted by Crippen LogP contribution is 2.32. The number of hydrogen-bond acceptors (Lipinski definition) is 4. The summed E-state index contributed by atoms with van der Waals surface area (Å²) in [7, 11) is 0. The van der Waals surface area contributed by atoms with Crippen LogP contribution in [-0.4, -0.2) is 32.3 Å². The van der Waals surface area contributed by atoms with Gasteiger partial charge in [0, 0.05) is 18.2 Å². The number of rotatable bonds is 5. The average molecular weight is 341 g/mol. The lowest BCUT2D eigenvalue weighted by Crippen LogP contribution is -2.23. The van der Waals surface area contributed by atoms with Crippen LogP contribution in [0.25, 0.3) is 0 Å². The maximum absolute atomic E-state index is 5.93. The number of benzene rings is 2. The van der Waals surface area contributed by atoms with Crippen molar-refractivity contribution in [3.63, 3.8) is 0 Å². The van der Waals surface area contributed by atoms with Gasteiger partial charge in [-0.2, -0.15) is 0 Å². The average Bonchev–Trinajstić information content (AvgIpc) is 2.84. The quantitative estimate of drug-likeness (QED) is 0.497. The van der Waals surface area contributed by atoms with E-state index in [-0.39, 0.29) is 0 Å². The van der Waals surface area contributed by atoms with Crippen molar-refractivity contribution < 1.29 is 14.2 Å². The van der Waals surface area contributed by atoms with Crippen LogP contribution in [0.3, 0.4) is 0 Å². The summed E-state index contributed by atoms with van der Waals surface area (Å²) in [6.07, 6.45) is 0.877. The molecular formula is C19H23N3O3. The molecule has 6 heteroatoms. The number of fused-ring (bicyclic) bond motifs is 1. The van der Waals surface area contributed by atoms with Crippen LogP contribution >= 0.6 is 0 Å². The number of aryl methyl sites for hydroxylation is 1. The van der Waals surface area contributed by atoms with Gasteiger partial charge < -0.3 is 25.3 Å². The lowest BCUT2D eigenvalue weighted by molar-refractivity contribution is 0.297. The Morgan fingerprint density at radius 3 is 2.84 bits per heavy atom. The Morgan fingerprint density at radius 1 is 1.16 bits per heavy atom. The van der Waals surface area contributed by atoms with Crippen LogP contribution in [-0.2, 0) is 0 Å². The van der Waals surface area contributed by atoms with Crippen molar-refractivity contribution in [2.75, 3.05) is 31.7 Å². The standard InChI is InChI=1S/C19H23N3O3/c1-14-4-2-5-16(12-14)23-11-8-21-19(20)22-15-6-7-17-18(13-15)25-10-3-9-24-17/h2,4-7,12-13H,3,8-11H2,1H3,(H3,20,21,22). The van der Waals surface area contributed by atoms with Gasteiger partial charge in [-0.25, -0.2) is 4.99 Å². The summed E-state index contributed by atoms with van der Waals surface area (Å²) < 4.78 is 16.9. The third-order valence-corrected chi connectivity index (χ3v) is 3.65. The normalized spacial score (nSPS) is 13.9. The van der Waals surface area contributed by atoms with Crippen molar-refractivity contribution in [1.29, 1.82) is 0 Å². The molecule has 2 aromatic carbocycles. The minimum absolute atomic E-state index is 0.335. The Balaban J connectivity index is 1.50. The first-order valence-corrected chi connectivity index (χ1v) is 8.37. The molecule has 0 aliphatic carbocycles. The van der Waals surface area contributed by atoms with E-state index in [9.17, 15) is 0 Å². The van der Waals surface area contributed by atoms with Crippen molar-refractivity contribution >= 4 is 11.6 Å². The Morgan fingerprint density at radius 2 is 2.00 bits per heavy atom. The zero-order chi connectivity index (χ0) is 17.5. The number of anilines is 1. The molecule has 0 aromatic heterocycles. The third kappa shape index (κ3) is 5.04. The number of nitrogens with zero attached hydrogens (tertiary/aromatic N) is 1. The van der Waals surface area contributed by atoms with Gasteiger partial charge in [-0.15, -0.1) is 0 Å². The van der Waals surface area contributed by atoms with Gasteiger partial charge in [-0.3, -0.25) is 0 Å². The zero-order valence-electron chi connectivity index (χ0n) is 14.3. The molecule has 0 radical (unpaired) electrons. The second kappa shape index (κ2) is 8.28. The monoisotopic (exact) mass is 341 g/mol. The van der Waals surface area contributed by atoms with Gasteiger partial charge in [0.1, 0.15) is 12.4 Å². The van der Waals surface area contributed by atoms with E-state index < -0.39 is 0 Å². The lowest BCUT2D eigenvalue weighted by atomic mass is 10.2. The van der Waals surface area contributed by atoms with E-state index in [2.05, 4.69) is 10.3 Å². The molecule has 3 rings (SSSR count). The Bertz CT molecular complexity index is 746. The van der Waals surface area contributed by atoms with Crippen molar-refractivity contribution in [3.05, 3.63) is 48.0 Å². The zero-order valence-corrected chi connectivity index (χ0v) is 14.3. The molecule has 0 saturated heterocycles. The van der Waals surface area contributed by atoms with E-state index in [1.54, 1.807) is 0 Å². The second-order valence-corrected chi connectivity index (χ2v) is 5.77. The molecule has 1 heterocycles. The van der Waals surface area contributed by atoms with E-state index in [1.807, 2.05) is 49.4 Å². The third-order valence-electron chi connectivity index (χ3n) is 3.65. The first kappa shape index (κ1) is 17.0. The fourth-order valence-electron chi connectivity index (χ4n) is 2.46. The second-order valence-electron chi connectivity index (χ2n) is 5.77. The minimum Gasteiger partial charge on any atom is -0.492 e. The van der Waals surface area contributed by atoms with Gasteiger partial charge >= 0.3 is 0 Å². The molecule has 0 spiro atoms. The molecule has 1 aliphatic heterocycles. The molecule has 25 heavy (non-hydrogen) atoms. The van der Waals surface area contributed by atoms with E-state index in [1.165, 1.54) is 0 Å². The highest BCUT2D eigenvalue weighted by atomic mass is 16.5. The van der Waals surface area contributed by atoms with Crippen molar-refractivity contribution in [2.45, 2.75) is 13.3 Å². The molecule has 3 N–H and O–H groups in total. The van der Waals surface area contributed by atoms with Gasteiger partial charge in [0.15, 0.2) is 17.5 Å². The van der Waals surface area contributed by atoms with Gasteiger partial charge in [-0.1, -0.05) is 12.1 Å². The van der Waals surface area contributed by atoms with Crippen molar-refractivity contribution in [2.24, 2.45) is 10.7 Å². The molecule has 2 aromatic rings. The van der Waals surface area contributed by atoms with Crippen LogP contribution < -0.4 is 25.3 Å². The largest absolute Gasteiger partial charge is 0.492 e. The summed E-state index contributed by atoms with van der Waals surface area (Å²) in [5.41, 5.74) is 7.90. The Hall–Kier alpha value is -2.89. The van der Waals surface area contributed by atoms with Crippen LogP contribution in [0.1, 0.15) is 12.0 Å². The number of ether oxygens (including phenoxy) is 3. The van der Waals surface area contributed by atoms with Crippen LogP contribution in [0, 0.1) is 6.92 Å². The molecular weight excluding hydrogens is 318 g/mol. The van der Waals surface area contributed by atoms with Gasteiger partial charge in [0.2, 0.25) is 0 Å². The summed E-state index contributed by atoms with van der Waals surface area (Å²) in [4.78, 5) is 4.27. The molecule has 0 bridgehead atoms. The fraction of sp³-hybridized carbons (Fsp3) is 0.316. The maximum atomic E-state index is 5.93. The van der Waals surface area contributed by atoms with Gasteiger partial charge in [0.05, 0.1) is 19.8 Å². The van der Waals surface area contributed by atoms with Crippen LogP contribution in [0.15, 0.2) is 47.5 Å². The summed E-state index contributed by atoms with van der Waals surface area (Å²) in [6, 6.07) is 13.5. The summed E-state index contributed by atoms with van der Waals surface area (Å²) in [6.45, 7) is 4.28. The number of aliphatic imine (C=N–C) groups is 1. The Labute approximate surface area is 147 Å². The van der Waals surface area contributed by atoms with E-state index in [0.29, 0.717) is 32.3 Å². The molecule has 0 saturated carbocycles. The Kier molecular flexibility index (Phi) is 5.61. The maximum Gasteiger partial charge on any atom is 0.193 e. The molecule has 0 unspecified atom stereocenters. The molecule has 132 valence electrons. The predicted octanol–water partition coefficient (Wildman–Crippen LogP) is 2.96. The van der Waals surface area contributed by atoms with Crippen LogP contribution in [0.5, 0.6) is 17.2 Å². The van der Waals surface area contributed by atoms with Crippen molar-refractivity contribution in [3.8, 4) is 17.2 Å². The first-order chi connectivity index (χ1) is 12.2. The van der Waals surface area contributed by atoms with Gasteiger partial charge in [-0.05, 0) is 36.8 Å². The van der Waals surface area contributed by atoms with E-state index in [0.717, 1.165) is 34.9 Å². The number of nitrogens with two attached hydrogens (primary N) is 1. The molecule has 0 amide bonds. The number of hydrogen-bond donors (Lipinski definition) is 2. The van der Waals surface area contributed by atoms with Crippen molar-refractivity contribution in [1.82, 2.24) is 0 Å². The highest BCUT2D eigenvalue weighted by molar-refractivity contribution is 5.92. The minimum atomic E-state index is 0.335. The SMILES string of the molecule is Cc1cccc(OCCN=C(N)Nc2ccc3c(c2)OCCCO3)c1. The molecule has 0 fully saturated rings. The fourth-order valence-corrected chi connectivity index (χ4v) is 2.46. The number of guanidine groups is 1. The predicted molar refractivity (Wildman–Crippen MR) is 98.8 cm³/mol. The lowest BCUT2D eigenvalue weighted by Gasteiger charge is -2.11. The topological polar surface area (TPSA) is 78.1 Å². The summed E-state index contributed by atoms with van der Waals surface area (Å²) >= 11 is 0. The first-order valence-electron chi connectivity index (χ1n) is 8.37.